The molecule has 0 saturated heterocycles. The van der Waals surface area contributed by atoms with Gasteiger partial charge in [-0.15, -0.1) is 0 Å². The lowest BCUT2D eigenvalue weighted by Crippen LogP contribution is -2.14. The minimum absolute atomic E-state index is 0. The summed E-state index contributed by atoms with van der Waals surface area (Å²) >= 11 is 0. The quantitative estimate of drug-likeness (QED) is 0.658. The van der Waals surface area contributed by atoms with Crippen LogP contribution in [0.5, 0.6) is 0 Å². The summed E-state index contributed by atoms with van der Waals surface area (Å²) < 4.78 is 0. The van der Waals surface area contributed by atoms with E-state index in [2.05, 4.69) is 0 Å². The molecule has 0 fully saturated rings. The predicted molar refractivity (Wildman–Crippen MR) is 44.4 cm³/mol. The first-order valence-electron chi connectivity index (χ1n) is 3.42. The Morgan fingerprint density at radius 1 is 1.45 bits per heavy atom. The van der Waals surface area contributed by atoms with E-state index in [4.69, 9.17) is 10.2 Å². The number of carboxylic acids is 1. The normalized spacial score (nSPS) is 12.4. The van der Waals surface area contributed by atoms with Gasteiger partial charge in [0.15, 0.2) is 0 Å². The minimum Gasteiger partial charge on any atom is -0.481 e. The van der Waals surface area contributed by atoms with Crippen LogP contribution in [-0.4, -0.2) is 22.3 Å². The van der Waals surface area contributed by atoms with Crippen LogP contribution in [0.4, 0.5) is 0 Å². The molecule has 3 heteroatoms. The smallest absolute Gasteiger partial charge is 0.305 e. The molecule has 1 unspecified atom stereocenters. The van der Waals surface area contributed by atoms with Gasteiger partial charge in [0, 0.05) is 0 Å². The molecule has 0 radical (unpaired) electrons. The molecule has 0 aliphatic carbocycles. The summed E-state index contributed by atoms with van der Waals surface area (Å²) in [5.74, 6) is -0.581. The van der Waals surface area contributed by atoms with E-state index in [9.17, 15) is 4.79 Å². The van der Waals surface area contributed by atoms with Crippen LogP contribution >= 0.6 is 0 Å². The van der Waals surface area contributed by atoms with Gasteiger partial charge < -0.3 is 10.2 Å². The van der Waals surface area contributed by atoms with E-state index in [1.807, 2.05) is 13.8 Å². The zero-order valence-electron chi connectivity index (χ0n) is 6.37. The Kier molecular flexibility index (Phi) is 7.31. The number of hydrogen-bond acceptors (Lipinski definition) is 2. The zero-order chi connectivity index (χ0) is 8.15. The van der Waals surface area contributed by atoms with Gasteiger partial charge >= 0.3 is 5.97 Å². The number of carbonyl (C=O) groups is 1. The van der Waals surface area contributed by atoms with Gasteiger partial charge in [0.2, 0.25) is 0 Å². The Bertz CT molecular complexity index is 110. The van der Waals surface area contributed by atoms with Crippen molar-refractivity contribution in [3.8, 4) is 0 Å². The molecule has 0 aliphatic heterocycles. The zero-order valence-corrected chi connectivity index (χ0v) is 6.37. The van der Waals surface area contributed by atoms with E-state index in [1.54, 1.807) is 0 Å². The van der Waals surface area contributed by atoms with Gasteiger partial charge in [-0.3, -0.25) is 4.79 Å². The highest BCUT2D eigenvalue weighted by Gasteiger charge is 2.10. The molecule has 0 aromatic carbocycles. The van der Waals surface area contributed by atoms with Crippen molar-refractivity contribution in [1.29, 1.82) is 0 Å². The number of aliphatic carboxylic acids is 1. The van der Waals surface area contributed by atoms with Crippen molar-refractivity contribution in [3.63, 3.8) is 0 Å². The van der Waals surface area contributed by atoms with Crippen molar-refractivity contribution in [2.45, 2.75) is 40.2 Å². The Labute approximate surface area is 68.0 Å². The maximum atomic E-state index is 10.0. The van der Waals surface area contributed by atoms with Crippen LogP contribution < -0.4 is 0 Å². The van der Waals surface area contributed by atoms with Crippen LogP contribution in [-0.2, 0) is 4.79 Å². The summed E-state index contributed by atoms with van der Waals surface area (Å²) in [5, 5.41) is 17.2. The summed E-state index contributed by atoms with van der Waals surface area (Å²) in [4.78, 5) is 10.0. The van der Waals surface area contributed by atoms with E-state index >= 15 is 0 Å². The maximum Gasteiger partial charge on any atom is 0.305 e. The van der Waals surface area contributed by atoms with Gasteiger partial charge in [-0.2, -0.15) is 0 Å². The fraction of sp³-hybridized carbons (Fsp3) is 0.875. The maximum absolute atomic E-state index is 10.0. The lowest BCUT2D eigenvalue weighted by molar-refractivity contribution is -0.139. The van der Waals surface area contributed by atoms with Gasteiger partial charge in [0.1, 0.15) is 0 Å². The van der Waals surface area contributed by atoms with Gasteiger partial charge in [-0.25, -0.2) is 0 Å². The van der Waals surface area contributed by atoms with Crippen LogP contribution in [0.15, 0.2) is 0 Å². The molecular weight excluding hydrogens is 144 g/mol. The molecule has 68 valence electrons. The van der Waals surface area contributed by atoms with Crippen molar-refractivity contribution < 1.29 is 15.0 Å². The van der Waals surface area contributed by atoms with Crippen LogP contribution in [0.25, 0.3) is 0 Å². The average Bonchev–Trinajstić information content (AvgIpc) is 1.58. The standard InChI is InChI=1S/C7H14O3.CH4/c1-5(2)3-6(8)4-7(9)10;/h5-6,8H,3-4H2,1-2H3,(H,9,10);1H4. The second kappa shape index (κ2) is 6.16. The number of carboxylic acid groups (broad SMARTS) is 1. The summed E-state index contributed by atoms with van der Waals surface area (Å²) in [6.07, 6.45) is -0.262. The lowest BCUT2D eigenvalue weighted by Gasteiger charge is -2.09. The molecule has 2 N–H and O–H groups in total. The molecule has 0 rings (SSSR count). The first-order valence-corrected chi connectivity index (χ1v) is 3.42. The Morgan fingerprint density at radius 2 is 1.91 bits per heavy atom. The average molecular weight is 162 g/mol. The Hall–Kier alpha value is -0.570. The summed E-state index contributed by atoms with van der Waals surface area (Å²) in [6.45, 7) is 3.90. The number of rotatable bonds is 4. The summed E-state index contributed by atoms with van der Waals surface area (Å²) in [7, 11) is 0. The molecule has 0 bridgehead atoms. The molecule has 3 nitrogen and oxygen atoms in total. The first-order chi connectivity index (χ1) is 4.52. The third-order valence-corrected chi connectivity index (χ3v) is 1.15. The van der Waals surface area contributed by atoms with Crippen molar-refractivity contribution in [2.75, 3.05) is 0 Å². The molecule has 0 aromatic rings. The van der Waals surface area contributed by atoms with Gasteiger partial charge in [0.25, 0.3) is 0 Å². The summed E-state index contributed by atoms with van der Waals surface area (Å²) in [6, 6.07) is 0. The van der Waals surface area contributed by atoms with Gasteiger partial charge in [-0.1, -0.05) is 21.3 Å². The molecule has 0 heterocycles. The SMILES string of the molecule is C.CC(C)CC(O)CC(=O)O. The fourth-order valence-electron chi connectivity index (χ4n) is 0.829. The fourth-order valence-corrected chi connectivity index (χ4v) is 0.829. The van der Waals surface area contributed by atoms with Crippen molar-refractivity contribution in [2.24, 2.45) is 5.92 Å². The van der Waals surface area contributed by atoms with Crippen LogP contribution in [0, 0.1) is 5.92 Å². The second-order valence-electron chi connectivity index (χ2n) is 2.88. The Morgan fingerprint density at radius 3 is 2.18 bits per heavy atom. The Balaban J connectivity index is 0. The first kappa shape index (κ1) is 13.1. The molecule has 0 amide bonds. The van der Waals surface area contributed by atoms with E-state index in [1.165, 1.54) is 0 Å². The third-order valence-electron chi connectivity index (χ3n) is 1.15. The van der Waals surface area contributed by atoms with Gasteiger partial charge in [-0.05, 0) is 12.3 Å². The number of hydrogen-bond donors (Lipinski definition) is 2. The van der Waals surface area contributed by atoms with E-state index in [0.29, 0.717) is 12.3 Å². The van der Waals surface area contributed by atoms with Crippen molar-refractivity contribution >= 4 is 5.97 Å². The molecule has 0 saturated carbocycles. The summed E-state index contributed by atoms with van der Waals surface area (Å²) in [5.41, 5.74) is 0. The number of aliphatic hydroxyl groups is 1. The topological polar surface area (TPSA) is 57.5 Å². The van der Waals surface area contributed by atoms with Gasteiger partial charge in [0.05, 0.1) is 12.5 Å². The van der Waals surface area contributed by atoms with E-state index in [0.717, 1.165) is 0 Å². The molecule has 11 heavy (non-hydrogen) atoms. The molecule has 0 aromatic heterocycles. The minimum atomic E-state index is -0.937. The highest BCUT2D eigenvalue weighted by atomic mass is 16.4. The molecule has 1 atom stereocenters. The number of aliphatic hydroxyl groups excluding tert-OH is 1. The van der Waals surface area contributed by atoms with E-state index < -0.39 is 12.1 Å². The largest absolute Gasteiger partial charge is 0.481 e. The van der Waals surface area contributed by atoms with Crippen LogP contribution in [0.1, 0.15) is 34.1 Å². The molecular formula is C8H18O3. The monoisotopic (exact) mass is 162 g/mol. The third kappa shape index (κ3) is 9.43. The highest BCUT2D eigenvalue weighted by molar-refractivity contribution is 5.67. The predicted octanol–water partition coefficient (Wildman–Crippen LogP) is 1.50. The highest BCUT2D eigenvalue weighted by Crippen LogP contribution is 2.06. The van der Waals surface area contributed by atoms with Crippen LogP contribution in [0.3, 0.4) is 0 Å². The lowest BCUT2D eigenvalue weighted by atomic mass is 10.0. The molecule has 0 aliphatic rings. The van der Waals surface area contributed by atoms with Crippen molar-refractivity contribution in [1.82, 2.24) is 0 Å². The van der Waals surface area contributed by atoms with Crippen molar-refractivity contribution in [3.05, 3.63) is 0 Å². The molecule has 0 spiro atoms. The van der Waals surface area contributed by atoms with E-state index in [-0.39, 0.29) is 13.8 Å². The van der Waals surface area contributed by atoms with Crippen LogP contribution in [0.2, 0.25) is 0 Å². The second-order valence-corrected chi connectivity index (χ2v) is 2.88.